The zero-order chi connectivity index (χ0) is 11.4. The van der Waals surface area contributed by atoms with E-state index in [1.54, 1.807) is 6.20 Å². The van der Waals surface area contributed by atoms with Gasteiger partial charge in [-0.15, -0.1) is 0 Å². The number of benzene rings is 1. The number of hydrogen-bond acceptors (Lipinski definition) is 4. The third-order valence-electron chi connectivity index (χ3n) is 3.70. The van der Waals surface area contributed by atoms with Crippen LogP contribution in [0.4, 0.5) is 11.4 Å². The van der Waals surface area contributed by atoms with Gasteiger partial charge in [-0.3, -0.25) is 0 Å². The van der Waals surface area contributed by atoms with Crippen LogP contribution in [0.25, 0.3) is 11.3 Å². The van der Waals surface area contributed by atoms with Crippen molar-refractivity contribution in [1.29, 1.82) is 0 Å². The van der Waals surface area contributed by atoms with Crippen LogP contribution in [-0.2, 0) is 13.0 Å². The van der Waals surface area contributed by atoms with Crippen LogP contribution in [0.5, 0.6) is 0 Å². The van der Waals surface area contributed by atoms with E-state index >= 15 is 0 Å². The van der Waals surface area contributed by atoms with Gasteiger partial charge in [0.1, 0.15) is 0 Å². The van der Waals surface area contributed by atoms with Crippen molar-refractivity contribution in [3.63, 3.8) is 0 Å². The lowest BCUT2D eigenvalue weighted by molar-refractivity contribution is 0.431. The second-order valence-corrected chi connectivity index (χ2v) is 4.73. The minimum absolute atomic E-state index is 0.806. The van der Waals surface area contributed by atoms with E-state index in [1.165, 1.54) is 16.9 Å². The number of anilines is 2. The molecular formula is C13H13N3O. The van der Waals surface area contributed by atoms with E-state index in [1.807, 2.05) is 0 Å². The summed E-state index contributed by atoms with van der Waals surface area (Å²) in [6.07, 6.45) is 2.92. The topological polar surface area (TPSA) is 41.3 Å². The average molecular weight is 227 g/mol. The maximum atomic E-state index is 5.37. The number of rotatable bonds is 0. The number of aromatic nitrogens is 1. The molecule has 4 heteroatoms. The molecule has 0 bridgehead atoms. The molecule has 4 rings (SSSR count). The first-order valence-electron chi connectivity index (χ1n) is 5.89. The van der Waals surface area contributed by atoms with Gasteiger partial charge in [-0.05, 0) is 24.1 Å². The van der Waals surface area contributed by atoms with E-state index in [-0.39, 0.29) is 0 Å². The molecule has 0 radical (unpaired) electrons. The Hall–Kier alpha value is -1.97. The van der Waals surface area contributed by atoms with Crippen molar-refractivity contribution in [2.75, 3.05) is 23.8 Å². The predicted molar refractivity (Wildman–Crippen MR) is 66.2 cm³/mol. The Morgan fingerprint density at radius 1 is 1.35 bits per heavy atom. The molecule has 0 fully saturated rings. The van der Waals surface area contributed by atoms with Crippen molar-refractivity contribution in [2.24, 2.45) is 0 Å². The summed E-state index contributed by atoms with van der Waals surface area (Å²) < 4.78 is 5.37. The fourth-order valence-electron chi connectivity index (χ4n) is 2.73. The van der Waals surface area contributed by atoms with Gasteiger partial charge in [-0.25, -0.2) is 0 Å². The van der Waals surface area contributed by atoms with Crippen LogP contribution >= 0.6 is 0 Å². The van der Waals surface area contributed by atoms with Crippen molar-refractivity contribution in [2.45, 2.75) is 13.0 Å². The second-order valence-electron chi connectivity index (χ2n) is 4.73. The van der Waals surface area contributed by atoms with E-state index in [4.69, 9.17) is 4.52 Å². The minimum atomic E-state index is 0.806. The normalized spacial score (nSPS) is 16.2. The Morgan fingerprint density at radius 3 is 3.24 bits per heavy atom. The molecule has 1 aromatic heterocycles. The first-order chi connectivity index (χ1) is 8.33. The minimum Gasteiger partial charge on any atom is -0.380 e. The molecule has 0 saturated carbocycles. The van der Waals surface area contributed by atoms with Gasteiger partial charge in [0, 0.05) is 42.6 Å². The SMILES string of the molecule is CN1CCc2cc3c(cc21)-c1oncc1CN3. The molecule has 17 heavy (non-hydrogen) atoms. The standard InChI is InChI=1S/C13H13N3O/c1-16-3-2-8-4-11-10(5-12(8)16)13-9(6-14-11)7-15-17-13/h4-5,7,14H,2-3,6H2,1H3. The lowest BCUT2D eigenvalue weighted by Gasteiger charge is -2.19. The molecule has 86 valence electrons. The van der Waals surface area contributed by atoms with Gasteiger partial charge in [0.25, 0.3) is 0 Å². The predicted octanol–water partition coefficient (Wildman–Crippen LogP) is 2.26. The maximum absolute atomic E-state index is 5.37. The molecule has 0 aliphatic carbocycles. The number of nitrogens with one attached hydrogen (secondary N) is 1. The number of nitrogens with zero attached hydrogens (tertiary/aromatic N) is 2. The average Bonchev–Trinajstić information content (AvgIpc) is 2.94. The third kappa shape index (κ3) is 1.15. The lowest BCUT2D eigenvalue weighted by Crippen LogP contribution is -2.13. The van der Waals surface area contributed by atoms with Crippen LogP contribution in [0.1, 0.15) is 11.1 Å². The molecule has 2 aliphatic rings. The van der Waals surface area contributed by atoms with Gasteiger partial charge >= 0.3 is 0 Å². The first kappa shape index (κ1) is 9.10. The summed E-state index contributed by atoms with van der Waals surface area (Å²) in [5.74, 6) is 0.918. The van der Waals surface area contributed by atoms with Gasteiger partial charge in [0.15, 0.2) is 5.76 Å². The highest BCUT2D eigenvalue weighted by Crippen LogP contribution is 2.41. The highest BCUT2D eigenvalue weighted by Gasteiger charge is 2.24. The van der Waals surface area contributed by atoms with E-state index in [0.717, 1.165) is 36.4 Å². The molecule has 3 heterocycles. The molecule has 0 atom stereocenters. The molecule has 0 spiro atoms. The first-order valence-corrected chi connectivity index (χ1v) is 5.89. The van der Waals surface area contributed by atoms with Crippen molar-refractivity contribution in [1.82, 2.24) is 5.16 Å². The molecule has 0 saturated heterocycles. The van der Waals surface area contributed by atoms with Crippen molar-refractivity contribution < 1.29 is 4.52 Å². The van der Waals surface area contributed by atoms with Gasteiger partial charge in [0.2, 0.25) is 0 Å². The van der Waals surface area contributed by atoms with Gasteiger partial charge in [-0.1, -0.05) is 5.16 Å². The molecule has 2 aliphatic heterocycles. The fraction of sp³-hybridized carbons (Fsp3) is 0.308. The van der Waals surface area contributed by atoms with Crippen molar-refractivity contribution in [3.05, 3.63) is 29.5 Å². The summed E-state index contributed by atoms with van der Waals surface area (Å²) in [6, 6.07) is 4.47. The molecule has 0 unspecified atom stereocenters. The lowest BCUT2D eigenvalue weighted by atomic mass is 9.99. The zero-order valence-electron chi connectivity index (χ0n) is 9.66. The summed E-state index contributed by atoms with van der Waals surface area (Å²) in [6.45, 7) is 1.90. The smallest absolute Gasteiger partial charge is 0.173 e. The van der Waals surface area contributed by atoms with Crippen molar-refractivity contribution >= 4 is 11.4 Å². The van der Waals surface area contributed by atoms with Crippen LogP contribution < -0.4 is 10.2 Å². The van der Waals surface area contributed by atoms with E-state index in [0.29, 0.717) is 0 Å². The monoisotopic (exact) mass is 227 g/mol. The Balaban J connectivity index is 1.97. The molecule has 2 aromatic rings. The second kappa shape index (κ2) is 3.03. The third-order valence-corrected chi connectivity index (χ3v) is 3.70. The summed E-state index contributed by atoms with van der Waals surface area (Å²) in [4.78, 5) is 2.29. The van der Waals surface area contributed by atoms with Gasteiger partial charge in [0.05, 0.1) is 6.20 Å². The summed E-state index contributed by atoms with van der Waals surface area (Å²) in [7, 11) is 2.13. The van der Waals surface area contributed by atoms with E-state index < -0.39 is 0 Å². The maximum Gasteiger partial charge on any atom is 0.173 e. The largest absolute Gasteiger partial charge is 0.380 e. The number of likely N-dealkylation sites (N-methyl/N-ethyl adjacent to an activating group) is 1. The Bertz CT molecular complexity index is 603. The van der Waals surface area contributed by atoms with E-state index in [2.05, 4.69) is 34.6 Å². The highest BCUT2D eigenvalue weighted by atomic mass is 16.5. The molecular weight excluding hydrogens is 214 g/mol. The van der Waals surface area contributed by atoms with Crippen molar-refractivity contribution in [3.8, 4) is 11.3 Å². The molecule has 1 aromatic carbocycles. The van der Waals surface area contributed by atoms with Crippen LogP contribution in [0, 0.1) is 0 Å². The van der Waals surface area contributed by atoms with E-state index in [9.17, 15) is 0 Å². The van der Waals surface area contributed by atoms with Gasteiger partial charge < -0.3 is 14.7 Å². The molecule has 1 N–H and O–H groups in total. The van der Waals surface area contributed by atoms with Crippen LogP contribution in [0.2, 0.25) is 0 Å². The zero-order valence-corrected chi connectivity index (χ0v) is 9.66. The Kier molecular flexibility index (Phi) is 1.62. The Labute approximate surface area is 99.2 Å². The van der Waals surface area contributed by atoms with Crippen LogP contribution in [-0.4, -0.2) is 18.7 Å². The molecule has 0 amide bonds. The van der Waals surface area contributed by atoms with Crippen LogP contribution in [0.15, 0.2) is 22.9 Å². The number of fused-ring (bicyclic) bond motifs is 4. The number of hydrogen-bond donors (Lipinski definition) is 1. The fourth-order valence-corrected chi connectivity index (χ4v) is 2.73. The highest BCUT2D eigenvalue weighted by molar-refractivity contribution is 5.84. The quantitative estimate of drug-likeness (QED) is 0.749. The van der Waals surface area contributed by atoms with Crippen LogP contribution in [0.3, 0.4) is 0 Å². The summed E-state index contributed by atoms with van der Waals surface area (Å²) in [5, 5.41) is 7.32. The molecule has 4 nitrogen and oxygen atoms in total. The summed E-state index contributed by atoms with van der Waals surface area (Å²) in [5.41, 5.74) is 6.18. The summed E-state index contributed by atoms with van der Waals surface area (Å²) >= 11 is 0. The Morgan fingerprint density at radius 2 is 2.29 bits per heavy atom. The van der Waals surface area contributed by atoms with Gasteiger partial charge in [-0.2, -0.15) is 0 Å².